The van der Waals surface area contributed by atoms with Crippen LogP contribution in [0.4, 0.5) is 5.69 Å². The number of rotatable bonds is 7. The van der Waals surface area contributed by atoms with Gasteiger partial charge in [-0.1, -0.05) is 40.7 Å². The van der Waals surface area contributed by atoms with E-state index < -0.39 is 6.04 Å². The molecule has 5 rings (SSSR count). The van der Waals surface area contributed by atoms with Crippen LogP contribution in [0.5, 0.6) is 11.5 Å². The summed E-state index contributed by atoms with van der Waals surface area (Å²) in [6.45, 7) is 10.4. The van der Waals surface area contributed by atoms with Crippen LogP contribution in [-0.4, -0.2) is 19.1 Å². The lowest BCUT2D eigenvalue weighted by Crippen LogP contribution is -2.29. The molecule has 0 spiro atoms. The van der Waals surface area contributed by atoms with Crippen LogP contribution >= 0.6 is 15.9 Å². The maximum absolute atomic E-state index is 13.9. The molecule has 1 unspecified atom stereocenters. The third-order valence-corrected chi connectivity index (χ3v) is 7.03. The number of amides is 1. The van der Waals surface area contributed by atoms with E-state index in [1.807, 2.05) is 51.1 Å². The van der Waals surface area contributed by atoms with Crippen LogP contribution in [0.3, 0.4) is 0 Å². The molecule has 0 saturated carbocycles. The summed E-state index contributed by atoms with van der Waals surface area (Å²) in [7, 11) is 0. The zero-order valence-corrected chi connectivity index (χ0v) is 22.4. The molecule has 0 bridgehead atoms. The fourth-order valence-corrected chi connectivity index (χ4v) is 4.99. The second kappa shape index (κ2) is 9.90. The largest absolute Gasteiger partial charge is 0.490 e. The molecule has 0 N–H and O–H groups in total. The number of carbonyl (C=O) groups is 1. The predicted molar refractivity (Wildman–Crippen MR) is 148 cm³/mol. The first-order valence-electron chi connectivity index (χ1n) is 12.0. The first kappa shape index (κ1) is 24.8. The first-order chi connectivity index (χ1) is 17.8. The zero-order valence-electron chi connectivity index (χ0n) is 20.8. The van der Waals surface area contributed by atoms with Gasteiger partial charge in [-0.05, 0) is 79.9 Å². The smallest absolute Gasteiger partial charge is 0.295 e. The average molecular weight is 560 g/mol. The maximum Gasteiger partial charge on any atom is 0.295 e. The van der Waals surface area contributed by atoms with Gasteiger partial charge in [0.05, 0.1) is 23.6 Å². The first-order valence-corrected chi connectivity index (χ1v) is 12.8. The third kappa shape index (κ3) is 4.33. The van der Waals surface area contributed by atoms with Crippen molar-refractivity contribution < 1.29 is 18.7 Å². The van der Waals surface area contributed by atoms with E-state index in [9.17, 15) is 9.59 Å². The van der Waals surface area contributed by atoms with Crippen molar-refractivity contribution in [3.8, 4) is 11.5 Å². The highest BCUT2D eigenvalue weighted by Crippen LogP contribution is 2.43. The summed E-state index contributed by atoms with van der Waals surface area (Å²) in [6, 6.07) is 15.8. The highest BCUT2D eigenvalue weighted by molar-refractivity contribution is 9.10. The Hall–Kier alpha value is -3.84. The molecule has 1 amide bonds. The number of nitrogens with zero attached hydrogens (tertiary/aromatic N) is 1. The maximum atomic E-state index is 13.9. The third-order valence-electron chi connectivity index (χ3n) is 6.54. The van der Waals surface area contributed by atoms with Crippen LogP contribution in [0.15, 0.2) is 80.9 Å². The van der Waals surface area contributed by atoms with Gasteiger partial charge in [0, 0.05) is 10.2 Å². The van der Waals surface area contributed by atoms with Gasteiger partial charge in [-0.2, -0.15) is 0 Å². The summed E-state index contributed by atoms with van der Waals surface area (Å²) in [5.74, 6) is 0.765. The SMILES string of the molecule is C=CCOc1ccc(C2c3c(oc4ccc(Br)cc4c3=O)C(=O)N2c2ccc(C)c(C)c2)cc1OCC. The van der Waals surface area contributed by atoms with Crippen LogP contribution in [0.25, 0.3) is 11.0 Å². The van der Waals surface area contributed by atoms with Crippen LogP contribution in [0.1, 0.15) is 45.8 Å². The fourth-order valence-electron chi connectivity index (χ4n) is 4.63. The summed E-state index contributed by atoms with van der Waals surface area (Å²) < 4.78 is 18.5. The Morgan fingerprint density at radius 2 is 1.81 bits per heavy atom. The molecule has 0 saturated heterocycles. The number of hydrogen-bond donors (Lipinski definition) is 0. The minimum Gasteiger partial charge on any atom is -0.490 e. The monoisotopic (exact) mass is 559 g/mol. The van der Waals surface area contributed by atoms with Crippen molar-refractivity contribution in [2.75, 3.05) is 18.1 Å². The predicted octanol–water partition coefficient (Wildman–Crippen LogP) is 6.89. The number of benzene rings is 3. The van der Waals surface area contributed by atoms with Crippen LogP contribution in [-0.2, 0) is 0 Å². The Kier molecular flexibility index (Phi) is 6.65. The van der Waals surface area contributed by atoms with Crippen molar-refractivity contribution in [3.63, 3.8) is 0 Å². The molecule has 37 heavy (non-hydrogen) atoms. The van der Waals surface area contributed by atoms with Crippen molar-refractivity contribution in [1.82, 2.24) is 0 Å². The summed E-state index contributed by atoms with van der Waals surface area (Å²) in [6.07, 6.45) is 1.66. The molecule has 0 radical (unpaired) electrons. The number of hydrogen-bond acceptors (Lipinski definition) is 5. The lowest BCUT2D eigenvalue weighted by atomic mass is 9.97. The molecule has 6 nitrogen and oxygen atoms in total. The molecule has 1 aliphatic heterocycles. The van der Waals surface area contributed by atoms with E-state index >= 15 is 0 Å². The number of aryl methyl sites for hydroxylation is 2. The van der Waals surface area contributed by atoms with E-state index in [0.29, 0.717) is 52.5 Å². The lowest BCUT2D eigenvalue weighted by molar-refractivity contribution is 0.0971. The molecule has 1 atom stereocenters. The van der Waals surface area contributed by atoms with E-state index in [2.05, 4.69) is 22.5 Å². The summed E-state index contributed by atoms with van der Waals surface area (Å²) in [5, 5.41) is 0.406. The molecular weight excluding hydrogens is 534 g/mol. The number of anilines is 1. The minimum absolute atomic E-state index is 0.0491. The minimum atomic E-state index is -0.711. The van der Waals surface area contributed by atoms with Gasteiger partial charge in [0.2, 0.25) is 5.76 Å². The number of halogens is 1. The van der Waals surface area contributed by atoms with Crippen molar-refractivity contribution >= 4 is 38.5 Å². The molecule has 4 aromatic rings. The molecule has 2 heterocycles. The standard InChI is InChI=1S/C30H26BrNO5/c1-5-13-36-24-11-8-19(15-25(24)35-6-2)27-26-28(33)22-16-20(31)9-12-23(22)37-29(26)30(34)32(27)21-10-7-17(3)18(4)14-21/h5,7-12,14-16,27H,1,6,13H2,2-4H3. The Morgan fingerprint density at radius 3 is 2.54 bits per heavy atom. The van der Waals surface area contributed by atoms with Gasteiger partial charge in [0.15, 0.2) is 16.9 Å². The number of carbonyl (C=O) groups excluding carboxylic acids is 1. The van der Waals surface area contributed by atoms with Crippen molar-refractivity contribution in [3.05, 3.63) is 110 Å². The summed E-state index contributed by atoms with van der Waals surface area (Å²) >= 11 is 3.44. The zero-order chi connectivity index (χ0) is 26.3. The van der Waals surface area contributed by atoms with Gasteiger partial charge in [-0.25, -0.2) is 0 Å². The Balaban J connectivity index is 1.77. The molecule has 1 aliphatic rings. The molecule has 0 fully saturated rings. The van der Waals surface area contributed by atoms with Gasteiger partial charge in [0.1, 0.15) is 12.2 Å². The molecular formula is C30H26BrNO5. The molecule has 0 aliphatic carbocycles. The quantitative estimate of drug-likeness (QED) is 0.231. The van der Waals surface area contributed by atoms with Crippen molar-refractivity contribution in [2.24, 2.45) is 0 Å². The normalized spacial score (nSPS) is 14.6. The average Bonchev–Trinajstić information content (AvgIpc) is 3.18. The molecule has 3 aromatic carbocycles. The second-order valence-corrected chi connectivity index (χ2v) is 9.82. The van der Waals surface area contributed by atoms with Crippen molar-refractivity contribution in [2.45, 2.75) is 26.8 Å². The van der Waals surface area contributed by atoms with Crippen LogP contribution in [0, 0.1) is 13.8 Å². The van der Waals surface area contributed by atoms with Gasteiger partial charge < -0.3 is 13.9 Å². The molecule has 7 heteroatoms. The highest BCUT2D eigenvalue weighted by Gasteiger charge is 2.44. The molecule has 1 aromatic heterocycles. The van der Waals surface area contributed by atoms with Gasteiger partial charge in [0.25, 0.3) is 5.91 Å². The van der Waals surface area contributed by atoms with Gasteiger partial charge >= 0.3 is 0 Å². The van der Waals surface area contributed by atoms with Crippen LogP contribution < -0.4 is 19.8 Å². The van der Waals surface area contributed by atoms with Crippen LogP contribution in [0.2, 0.25) is 0 Å². The molecule has 188 valence electrons. The van der Waals surface area contributed by atoms with E-state index in [4.69, 9.17) is 13.9 Å². The van der Waals surface area contributed by atoms with Crippen molar-refractivity contribution in [1.29, 1.82) is 0 Å². The Bertz CT molecular complexity index is 1610. The summed E-state index contributed by atoms with van der Waals surface area (Å²) in [5.41, 5.74) is 3.96. The topological polar surface area (TPSA) is 69.0 Å². The van der Waals surface area contributed by atoms with Gasteiger partial charge in [-0.15, -0.1) is 0 Å². The number of fused-ring (bicyclic) bond motifs is 2. The van der Waals surface area contributed by atoms with E-state index in [1.165, 1.54) is 0 Å². The Morgan fingerprint density at radius 1 is 1.00 bits per heavy atom. The fraction of sp³-hybridized carbons (Fsp3) is 0.200. The number of ether oxygens (including phenoxy) is 2. The second-order valence-electron chi connectivity index (χ2n) is 8.90. The Labute approximate surface area is 223 Å². The van der Waals surface area contributed by atoms with E-state index in [-0.39, 0.29) is 17.1 Å². The lowest BCUT2D eigenvalue weighted by Gasteiger charge is -2.26. The summed E-state index contributed by atoms with van der Waals surface area (Å²) in [4.78, 5) is 29.4. The van der Waals surface area contributed by atoms with E-state index in [0.717, 1.165) is 15.6 Å². The van der Waals surface area contributed by atoms with E-state index in [1.54, 1.807) is 35.2 Å². The van der Waals surface area contributed by atoms with Gasteiger partial charge in [-0.3, -0.25) is 14.5 Å². The highest BCUT2D eigenvalue weighted by atomic mass is 79.9.